The Morgan fingerprint density at radius 3 is 2.33 bits per heavy atom. The van der Waals surface area contributed by atoms with Crippen LogP contribution in [0.15, 0.2) is 30.3 Å². The van der Waals surface area contributed by atoms with Gasteiger partial charge in [0, 0.05) is 37.8 Å². The monoisotopic (exact) mass is 288 g/mol. The third-order valence-electron chi connectivity index (χ3n) is 4.46. The van der Waals surface area contributed by atoms with E-state index in [1.807, 2.05) is 6.07 Å². The van der Waals surface area contributed by atoms with Crippen LogP contribution < -0.4 is 4.90 Å². The molecule has 1 aliphatic rings. The molecule has 0 unspecified atom stereocenters. The van der Waals surface area contributed by atoms with E-state index in [9.17, 15) is 4.79 Å². The maximum Gasteiger partial charge on any atom is 0.225 e. The van der Waals surface area contributed by atoms with Gasteiger partial charge in [-0.1, -0.05) is 44.9 Å². The summed E-state index contributed by atoms with van der Waals surface area (Å²) in [6.07, 6.45) is 4.35. The average molecular weight is 288 g/mol. The first-order chi connectivity index (χ1) is 10.3. The first-order valence-corrected chi connectivity index (χ1v) is 8.35. The molecule has 1 aromatic rings. The van der Waals surface area contributed by atoms with Gasteiger partial charge in [-0.05, 0) is 25.0 Å². The lowest BCUT2D eigenvalue weighted by atomic mass is 9.97. The van der Waals surface area contributed by atoms with Crippen LogP contribution in [0.5, 0.6) is 0 Å². The number of carbonyl (C=O) groups is 1. The molecule has 2 rings (SSSR count). The molecule has 3 heteroatoms. The lowest BCUT2D eigenvalue weighted by Gasteiger charge is -2.37. The van der Waals surface area contributed by atoms with E-state index in [0.29, 0.717) is 5.91 Å². The second kappa shape index (κ2) is 8.06. The Morgan fingerprint density at radius 1 is 1.10 bits per heavy atom. The van der Waals surface area contributed by atoms with Crippen molar-refractivity contribution in [2.45, 2.75) is 39.5 Å². The summed E-state index contributed by atoms with van der Waals surface area (Å²) in [5.74, 6) is 0.604. The molecular formula is C18H28N2O. The summed E-state index contributed by atoms with van der Waals surface area (Å²) in [6, 6.07) is 10.5. The Morgan fingerprint density at radius 2 is 1.76 bits per heavy atom. The molecule has 1 saturated heterocycles. The van der Waals surface area contributed by atoms with Crippen molar-refractivity contribution in [3.05, 3.63) is 30.3 Å². The molecule has 3 nitrogen and oxygen atoms in total. The van der Waals surface area contributed by atoms with Crippen LogP contribution in [0.25, 0.3) is 0 Å². The predicted molar refractivity (Wildman–Crippen MR) is 88.5 cm³/mol. The normalized spacial score (nSPS) is 16.9. The quantitative estimate of drug-likeness (QED) is 0.799. The average Bonchev–Trinajstić information content (AvgIpc) is 2.56. The topological polar surface area (TPSA) is 23.6 Å². The van der Waals surface area contributed by atoms with Gasteiger partial charge in [0.05, 0.1) is 0 Å². The standard InChI is InChI=1S/C18H28N2O/c1-3-5-9-16(4-2)18(21)20-14-12-19(13-15-20)17-10-7-6-8-11-17/h6-8,10-11,16H,3-5,9,12-15H2,1-2H3/t16-/m1/s1. The van der Waals surface area contributed by atoms with Gasteiger partial charge < -0.3 is 9.80 Å². The van der Waals surface area contributed by atoms with E-state index in [-0.39, 0.29) is 5.92 Å². The number of hydrogen-bond acceptors (Lipinski definition) is 2. The van der Waals surface area contributed by atoms with E-state index in [1.54, 1.807) is 0 Å². The van der Waals surface area contributed by atoms with Crippen LogP contribution >= 0.6 is 0 Å². The van der Waals surface area contributed by atoms with Crippen molar-refractivity contribution in [3.8, 4) is 0 Å². The molecule has 0 saturated carbocycles. The highest BCUT2D eigenvalue weighted by Gasteiger charge is 2.26. The Kier molecular flexibility index (Phi) is 6.09. The summed E-state index contributed by atoms with van der Waals surface area (Å²) >= 11 is 0. The molecule has 0 aliphatic carbocycles. The number of para-hydroxylation sites is 1. The molecule has 1 amide bonds. The number of hydrogen-bond donors (Lipinski definition) is 0. The van der Waals surface area contributed by atoms with Gasteiger partial charge in [0.2, 0.25) is 5.91 Å². The summed E-state index contributed by atoms with van der Waals surface area (Å²) in [6.45, 7) is 7.93. The van der Waals surface area contributed by atoms with Gasteiger partial charge in [0.1, 0.15) is 0 Å². The molecule has 1 aromatic carbocycles. The molecule has 1 atom stereocenters. The van der Waals surface area contributed by atoms with E-state index in [0.717, 1.165) is 45.4 Å². The number of piperazine rings is 1. The first kappa shape index (κ1) is 15.9. The van der Waals surface area contributed by atoms with Crippen LogP contribution in [0.1, 0.15) is 39.5 Å². The zero-order valence-corrected chi connectivity index (χ0v) is 13.4. The Labute approximate surface area is 128 Å². The zero-order valence-electron chi connectivity index (χ0n) is 13.4. The number of nitrogens with zero attached hydrogens (tertiary/aromatic N) is 2. The number of amides is 1. The van der Waals surface area contributed by atoms with Gasteiger partial charge in [0.25, 0.3) is 0 Å². The molecular weight excluding hydrogens is 260 g/mol. The highest BCUT2D eigenvalue weighted by molar-refractivity contribution is 5.79. The minimum atomic E-state index is 0.230. The smallest absolute Gasteiger partial charge is 0.225 e. The van der Waals surface area contributed by atoms with Crippen molar-refractivity contribution in [2.75, 3.05) is 31.1 Å². The maximum absolute atomic E-state index is 12.6. The third kappa shape index (κ3) is 4.23. The van der Waals surface area contributed by atoms with Gasteiger partial charge >= 0.3 is 0 Å². The lowest BCUT2D eigenvalue weighted by molar-refractivity contribution is -0.136. The summed E-state index contributed by atoms with van der Waals surface area (Å²) in [7, 11) is 0. The molecule has 1 aliphatic heterocycles. The van der Waals surface area contributed by atoms with Crippen molar-refractivity contribution >= 4 is 11.6 Å². The number of rotatable bonds is 6. The van der Waals surface area contributed by atoms with Crippen molar-refractivity contribution in [1.29, 1.82) is 0 Å². The van der Waals surface area contributed by atoms with Gasteiger partial charge in [-0.2, -0.15) is 0 Å². The van der Waals surface area contributed by atoms with Crippen LogP contribution in [0.4, 0.5) is 5.69 Å². The van der Waals surface area contributed by atoms with Crippen LogP contribution in [-0.4, -0.2) is 37.0 Å². The first-order valence-electron chi connectivity index (χ1n) is 8.35. The third-order valence-corrected chi connectivity index (χ3v) is 4.46. The number of anilines is 1. The molecule has 116 valence electrons. The molecule has 0 bridgehead atoms. The van der Waals surface area contributed by atoms with Crippen molar-refractivity contribution in [1.82, 2.24) is 4.90 Å². The molecule has 1 fully saturated rings. The largest absolute Gasteiger partial charge is 0.368 e. The lowest BCUT2D eigenvalue weighted by Crippen LogP contribution is -2.50. The van der Waals surface area contributed by atoms with Crippen molar-refractivity contribution in [2.24, 2.45) is 5.92 Å². The van der Waals surface area contributed by atoms with Gasteiger partial charge in [0.15, 0.2) is 0 Å². The van der Waals surface area contributed by atoms with E-state index in [2.05, 4.69) is 47.9 Å². The molecule has 0 radical (unpaired) electrons. The fourth-order valence-electron chi connectivity index (χ4n) is 3.03. The van der Waals surface area contributed by atoms with Gasteiger partial charge in [-0.25, -0.2) is 0 Å². The highest BCUT2D eigenvalue weighted by Crippen LogP contribution is 2.19. The van der Waals surface area contributed by atoms with Crippen molar-refractivity contribution < 1.29 is 4.79 Å². The fraction of sp³-hybridized carbons (Fsp3) is 0.611. The summed E-state index contributed by atoms with van der Waals surface area (Å²) in [5.41, 5.74) is 1.27. The second-order valence-corrected chi connectivity index (χ2v) is 5.90. The van der Waals surface area contributed by atoms with E-state index < -0.39 is 0 Å². The number of unbranched alkanes of at least 4 members (excludes halogenated alkanes) is 1. The van der Waals surface area contributed by atoms with Crippen LogP contribution in [0.2, 0.25) is 0 Å². The maximum atomic E-state index is 12.6. The Balaban J connectivity index is 1.86. The summed E-state index contributed by atoms with van der Waals surface area (Å²) in [5, 5.41) is 0. The Bertz CT molecular complexity index is 424. The SMILES string of the molecule is CCCC[C@@H](CC)C(=O)N1CCN(c2ccccc2)CC1. The fourth-order valence-corrected chi connectivity index (χ4v) is 3.03. The molecule has 1 heterocycles. The van der Waals surface area contributed by atoms with Crippen LogP contribution in [-0.2, 0) is 4.79 Å². The second-order valence-electron chi connectivity index (χ2n) is 5.90. The highest BCUT2D eigenvalue weighted by atomic mass is 16.2. The van der Waals surface area contributed by atoms with Gasteiger partial charge in [-0.3, -0.25) is 4.79 Å². The molecule has 0 spiro atoms. The number of benzene rings is 1. The number of carbonyl (C=O) groups excluding carboxylic acids is 1. The van der Waals surface area contributed by atoms with E-state index in [1.165, 1.54) is 12.1 Å². The van der Waals surface area contributed by atoms with Crippen LogP contribution in [0.3, 0.4) is 0 Å². The van der Waals surface area contributed by atoms with Crippen molar-refractivity contribution in [3.63, 3.8) is 0 Å². The molecule has 0 N–H and O–H groups in total. The van der Waals surface area contributed by atoms with Crippen LogP contribution in [0, 0.1) is 5.92 Å². The minimum absolute atomic E-state index is 0.230. The summed E-state index contributed by atoms with van der Waals surface area (Å²) < 4.78 is 0. The zero-order chi connectivity index (χ0) is 15.1. The predicted octanol–water partition coefficient (Wildman–Crippen LogP) is 3.55. The van der Waals surface area contributed by atoms with Gasteiger partial charge in [-0.15, -0.1) is 0 Å². The summed E-state index contributed by atoms with van der Waals surface area (Å²) in [4.78, 5) is 17.0. The molecule has 21 heavy (non-hydrogen) atoms. The minimum Gasteiger partial charge on any atom is -0.368 e. The van der Waals surface area contributed by atoms with E-state index in [4.69, 9.17) is 0 Å². The molecule has 0 aromatic heterocycles. The Hall–Kier alpha value is -1.51. The van der Waals surface area contributed by atoms with E-state index >= 15 is 0 Å².